The van der Waals surface area contributed by atoms with E-state index in [9.17, 15) is 9.59 Å². The SMILES string of the molecule is O=C(NCCNC(=O)C(Cl)Cl)c1ccncc1. The molecule has 2 amide bonds. The van der Waals surface area contributed by atoms with Gasteiger partial charge in [0.05, 0.1) is 0 Å². The van der Waals surface area contributed by atoms with Gasteiger partial charge in [-0.3, -0.25) is 14.6 Å². The van der Waals surface area contributed by atoms with Crippen molar-refractivity contribution in [2.75, 3.05) is 13.1 Å². The molecule has 0 saturated heterocycles. The Labute approximate surface area is 109 Å². The van der Waals surface area contributed by atoms with Gasteiger partial charge in [0.1, 0.15) is 0 Å². The number of carbonyl (C=O) groups is 2. The summed E-state index contributed by atoms with van der Waals surface area (Å²) in [6, 6.07) is 3.20. The topological polar surface area (TPSA) is 71.1 Å². The summed E-state index contributed by atoms with van der Waals surface area (Å²) in [4.78, 5) is 25.2. The molecular weight excluding hydrogens is 265 g/mol. The largest absolute Gasteiger partial charge is 0.352 e. The zero-order chi connectivity index (χ0) is 12.7. The van der Waals surface area contributed by atoms with Gasteiger partial charge in [0.15, 0.2) is 4.84 Å². The van der Waals surface area contributed by atoms with Gasteiger partial charge in [0.2, 0.25) is 0 Å². The quantitative estimate of drug-likeness (QED) is 0.615. The van der Waals surface area contributed by atoms with Gasteiger partial charge in [-0.05, 0) is 12.1 Å². The van der Waals surface area contributed by atoms with E-state index in [-0.39, 0.29) is 12.5 Å². The minimum atomic E-state index is -1.09. The number of hydrogen-bond acceptors (Lipinski definition) is 3. The van der Waals surface area contributed by atoms with Crippen molar-refractivity contribution >= 4 is 35.0 Å². The van der Waals surface area contributed by atoms with E-state index in [1.54, 1.807) is 12.1 Å². The van der Waals surface area contributed by atoms with Crippen LogP contribution in [0, 0.1) is 0 Å². The molecule has 1 rings (SSSR count). The number of halogens is 2. The Hall–Kier alpha value is -1.33. The van der Waals surface area contributed by atoms with Crippen LogP contribution in [-0.4, -0.2) is 34.7 Å². The van der Waals surface area contributed by atoms with Crippen LogP contribution < -0.4 is 10.6 Å². The number of amides is 2. The first-order valence-electron chi connectivity index (χ1n) is 4.85. The summed E-state index contributed by atoms with van der Waals surface area (Å²) in [7, 11) is 0. The molecule has 0 saturated carbocycles. The minimum Gasteiger partial charge on any atom is -0.352 e. The number of nitrogens with one attached hydrogen (secondary N) is 2. The van der Waals surface area contributed by atoms with Gasteiger partial charge in [0, 0.05) is 31.0 Å². The van der Waals surface area contributed by atoms with Crippen molar-refractivity contribution in [3.05, 3.63) is 30.1 Å². The van der Waals surface area contributed by atoms with E-state index in [0.717, 1.165) is 0 Å². The predicted octanol–water partition coefficient (Wildman–Crippen LogP) is 0.731. The van der Waals surface area contributed by atoms with Crippen LogP contribution in [-0.2, 0) is 4.79 Å². The molecule has 17 heavy (non-hydrogen) atoms. The van der Waals surface area contributed by atoms with E-state index >= 15 is 0 Å². The molecular formula is C10H11Cl2N3O2. The summed E-state index contributed by atoms with van der Waals surface area (Å²) in [6.07, 6.45) is 3.06. The molecule has 92 valence electrons. The average Bonchev–Trinajstić information content (AvgIpc) is 2.35. The van der Waals surface area contributed by atoms with E-state index in [2.05, 4.69) is 15.6 Å². The van der Waals surface area contributed by atoms with Crippen molar-refractivity contribution in [2.24, 2.45) is 0 Å². The Morgan fingerprint density at radius 2 is 1.76 bits per heavy atom. The molecule has 0 aromatic carbocycles. The van der Waals surface area contributed by atoms with Crippen LogP contribution in [0.3, 0.4) is 0 Å². The summed E-state index contributed by atoms with van der Waals surface area (Å²) < 4.78 is 0. The molecule has 0 aliphatic rings. The number of alkyl halides is 2. The van der Waals surface area contributed by atoms with Gasteiger partial charge in [-0.2, -0.15) is 0 Å². The normalized spacial score (nSPS) is 10.1. The molecule has 0 radical (unpaired) electrons. The predicted molar refractivity (Wildman–Crippen MR) is 65.1 cm³/mol. The molecule has 7 heteroatoms. The van der Waals surface area contributed by atoms with Gasteiger partial charge in [0.25, 0.3) is 11.8 Å². The smallest absolute Gasteiger partial charge is 0.253 e. The van der Waals surface area contributed by atoms with E-state index in [1.165, 1.54) is 12.4 Å². The van der Waals surface area contributed by atoms with Crippen molar-refractivity contribution in [1.29, 1.82) is 0 Å². The number of aromatic nitrogens is 1. The third-order valence-corrected chi connectivity index (χ3v) is 2.25. The Bertz CT molecular complexity index is 384. The van der Waals surface area contributed by atoms with Gasteiger partial charge >= 0.3 is 0 Å². The van der Waals surface area contributed by atoms with Crippen LogP contribution in [0.4, 0.5) is 0 Å². The highest BCUT2D eigenvalue weighted by molar-refractivity contribution is 6.53. The molecule has 1 aromatic heterocycles. The maximum absolute atomic E-state index is 11.5. The van der Waals surface area contributed by atoms with Gasteiger partial charge in [-0.15, -0.1) is 0 Å². The van der Waals surface area contributed by atoms with E-state index in [1.807, 2.05) is 0 Å². The molecule has 0 bridgehead atoms. The molecule has 5 nitrogen and oxygen atoms in total. The summed E-state index contributed by atoms with van der Waals surface area (Å²) in [6.45, 7) is 0.568. The van der Waals surface area contributed by atoms with Crippen LogP contribution in [0.2, 0.25) is 0 Å². The fourth-order valence-corrected chi connectivity index (χ4v) is 1.20. The molecule has 0 aliphatic heterocycles. The lowest BCUT2D eigenvalue weighted by Crippen LogP contribution is -2.36. The van der Waals surface area contributed by atoms with Gasteiger partial charge in [-0.25, -0.2) is 0 Å². The molecule has 1 heterocycles. The highest BCUT2D eigenvalue weighted by Gasteiger charge is 2.10. The van der Waals surface area contributed by atoms with Crippen LogP contribution in [0.15, 0.2) is 24.5 Å². The first-order chi connectivity index (χ1) is 8.11. The zero-order valence-corrected chi connectivity index (χ0v) is 10.3. The summed E-state index contributed by atoms with van der Waals surface area (Å²) in [5, 5.41) is 5.08. The molecule has 0 aliphatic carbocycles. The monoisotopic (exact) mass is 275 g/mol. The van der Waals surface area contributed by atoms with E-state index in [4.69, 9.17) is 23.2 Å². The number of pyridine rings is 1. The standard InChI is InChI=1S/C10H11Cl2N3O2/c11-8(12)10(17)15-6-5-14-9(16)7-1-3-13-4-2-7/h1-4,8H,5-6H2,(H,14,16)(H,15,17). The molecule has 2 N–H and O–H groups in total. The zero-order valence-electron chi connectivity index (χ0n) is 8.82. The van der Waals surface area contributed by atoms with Crippen LogP contribution in [0.25, 0.3) is 0 Å². The number of hydrogen-bond donors (Lipinski definition) is 2. The summed E-state index contributed by atoms with van der Waals surface area (Å²) in [5.41, 5.74) is 0.513. The Balaban J connectivity index is 2.24. The van der Waals surface area contributed by atoms with E-state index in [0.29, 0.717) is 12.1 Å². The maximum atomic E-state index is 11.5. The highest BCUT2D eigenvalue weighted by atomic mass is 35.5. The summed E-state index contributed by atoms with van der Waals surface area (Å²) in [5.74, 6) is -0.707. The lowest BCUT2D eigenvalue weighted by Gasteiger charge is -2.07. The van der Waals surface area contributed by atoms with Crippen molar-refractivity contribution < 1.29 is 9.59 Å². The summed E-state index contributed by atoms with van der Waals surface area (Å²) >= 11 is 10.6. The van der Waals surface area contributed by atoms with Crippen molar-refractivity contribution in [3.63, 3.8) is 0 Å². The van der Waals surface area contributed by atoms with Crippen LogP contribution >= 0.6 is 23.2 Å². The number of rotatable bonds is 5. The third-order valence-electron chi connectivity index (χ3n) is 1.85. The van der Waals surface area contributed by atoms with Crippen molar-refractivity contribution in [1.82, 2.24) is 15.6 Å². The maximum Gasteiger partial charge on any atom is 0.253 e. The number of nitrogens with zero attached hydrogens (tertiary/aromatic N) is 1. The Morgan fingerprint density at radius 3 is 2.35 bits per heavy atom. The fourth-order valence-electron chi connectivity index (χ4n) is 1.04. The van der Waals surface area contributed by atoms with Crippen molar-refractivity contribution in [3.8, 4) is 0 Å². The fraction of sp³-hybridized carbons (Fsp3) is 0.300. The highest BCUT2D eigenvalue weighted by Crippen LogP contribution is 1.99. The van der Waals surface area contributed by atoms with Gasteiger partial charge in [-0.1, -0.05) is 23.2 Å². The molecule has 0 fully saturated rings. The third kappa shape index (κ3) is 5.01. The van der Waals surface area contributed by atoms with E-state index < -0.39 is 10.7 Å². The molecule has 0 spiro atoms. The molecule has 0 atom stereocenters. The number of carbonyl (C=O) groups excluding carboxylic acids is 2. The average molecular weight is 276 g/mol. The van der Waals surface area contributed by atoms with Crippen LogP contribution in [0.1, 0.15) is 10.4 Å². The second kappa shape index (κ2) is 7.09. The first kappa shape index (κ1) is 13.7. The Morgan fingerprint density at radius 1 is 1.18 bits per heavy atom. The minimum absolute atomic E-state index is 0.227. The molecule has 1 aromatic rings. The lowest BCUT2D eigenvalue weighted by atomic mass is 10.2. The second-order valence-electron chi connectivity index (χ2n) is 3.08. The lowest BCUT2D eigenvalue weighted by molar-refractivity contribution is -0.119. The Kier molecular flexibility index (Phi) is 5.72. The second-order valence-corrected chi connectivity index (χ2v) is 4.18. The van der Waals surface area contributed by atoms with Gasteiger partial charge < -0.3 is 10.6 Å². The van der Waals surface area contributed by atoms with Crippen molar-refractivity contribution in [2.45, 2.75) is 4.84 Å². The first-order valence-corrected chi connectivity index (χ1v) is 5.72. The van der Waals surface area contributed by atoms with Crippen LogP contribution in [0.5, 0.6) is 0 Å². The molecule has 0 unspecified atom stereocenters.